The molecule has 231 valence electrons. The third-order valence-electron chi connectivity index (χ3n) is 5.55. The van der Waals surface area contributed by atoms with Crippen molar-refractivity contribution in [2.45, 2.75) is 12.4 Å². The number of aryl methyl sites for hydroxylation is 2. The van der Waals surface area contributed by atoms with E-state index in [9.17, 15) is 26.3 Å². The SMILES string of the molecule is C[n+]1[c-]n(-c2[c-]ccc(C(F)(F)F)c2)cc1.C[n+]1[c-]n(-c2[c-]ccc(C(F)(F)F)c2)cc1.[Ir].c1ccc(-c2ccn[n-]2)nc1. The van der Waals surface area contributed by atoms with E-state index in [0.717, 1.165) is 35.7 Å². The Labute approximate surface area is 262 Å². The van der Waals surface area contributed by atoms with Gasteiger partial charge in [-0.3, -0.25) is 4.98 Å². The minimum atomic E-state index is -4.33. The molecular formula is C30H22F6IrN7-3. The van der Waals surface area contributed by atoms with Gasteiger partial charge in [-0.05, 0) is 12.1 Å². The Morgan fingerprint density at radius 3 is 1.61 bits per heavy atom. The number of imidazole rings is 2. The molecule has 0 aliphatic carbocycles. The van der Waals surface area contributed by atoms with E-state index >= 15 is 0 Å². The first-order valence-corrected chi connectivity index (χ1v) is 12.4. The average molecular weight is 787 g/mol. The van der Waals surface area contributed by atoms with Gasteiger partial charge >= 0.3 is 12.4 Å². The number of hydrogen-bond donors (Lipinski definition) is 0. The van der Waals surface area contributed by atoms with Crippen LogP contribution in [-0.2, 0) is 46.6 Å². The molecule has 6 rings (SSSR count). The van der Waals surface area contributed by atoms with E-state index in [1.807, 2.05) is 24.3 Å². The molecule has 14 heteroatoms. The number of pyridine rings is 1. The van der Waals surface area contributed by atoms with Gasteiger partial charge in [0.2, 0.25) is 12.7 Å². The van der Waals surface area contributed by atoms with E-state index in [1.54, 1.807) is 60.4 Å². The van der Waals surface area contributed by atoms with Crippen LogP contribution in [0.2, 0.25) is 0 Å². The predicted octanol–water partition coefficient (Wildman–Crippen LogP) is 4.94. The second-order valence-electron chi connectivity index (χ2n) is 8.81. The monoisotopic (exact) mass is 787 g/mol. The summed E-state index contributed by atoms with van der Waals surface area (Å²) in [4.78, 5) is 4.12. The van der Waals surface area contributed by atoms with Crippen LogP contribution < -0.4 is 14.2 Å². The average Bonchev–Trinajstić information content (AvgIpc) is 3.77. The van der Waals surface area contributed by atoms with Gasteiger partial charge < -0.3 is 28.5 Å². The van der Waals surface area contributed by atoms with Gasteiger partial charge in [0.1, 0.15) is 0 Å². The number of benzene rings is 2. The van der Waals surface area contributed by atoms with Crippen LogP contribution in [0.1, 0.15) is 11.1 Å². The van der Waals surface area contributed by atoms with E-state index in [-0.39, 0.29) is 20.1 Å². The van der Waals surface area contributed by atoms with Crippen molar-refractivity contribution in [1.29, 1.82) is 0 Å². The smallest absolute Gasteiger partial charge is 0.394 e. The Hall–Kier alpha value is -4.55. The number of halogens is 6. The maximum Gasteiger partial charge on any atom is 0.394 e. The molecule has 6 aromatic rings. The molecule has 0 unspecified atom stereocenters. The zero-order chi connectivity index (χ0) is 31.0. The van der Waals surface area contributed by atoms with Crippen LogP contribution in [0, 0.1) is 24.8 Å². The van der Waals surface area contributed by atoms with Crippen LogP contribution in [0.4, 0.5) is 26.3 Å². The third kappa shape index (κ3) is 9.48. The van der Waals surface area contributed by atoms with Crippen molar-refractivity contribution in [2.75, 3.05) is 0 Å². The second-order valence-corrected chi connectivity index (χ2v) is 8.81. The second kappa shape index (κ2) is 14.8. The van der Waals surface area contributed by atoms with Crippen LogP contribution in [0.25, 0.3) is 22.8 Å². The largest absolute Gasteiger partial charge is 0.574 e. The number of alkyl halides is 6. The zero-order valence-electron chi connectivity index (χ0n) is 23.0. The fourth-order valence-corrected chi connectivity index (χ4v) is 3.50. The molecule has 4 heterocycles. The molecule has 4 aromatic heterocycles. The quantitative estimate of drug-likeness (QED) is 0.145. The molecule has 0 amide bonds. The Bertz CT molecular complexity index is 1630. The number of nitrogens with zero attached hydrogens (tertiary/aromatic N) is 7. The standard InChI is InChI=1S/2C11H8F3N2.C8H6N3.Ir/c2*1-15-5-6-16(8-15)10-4-2-3-9(7-10)11(12,13)14;1-2-5-9-7(3-1)8-4-6-10-11-8;/h2*2-3,5-7H,1H3;1-6H;/q3*-1;. The van der Waals surface area contributed by atoms with Crippen molar-refractivity contribution in [3.63, 3.8) is 0 Å². The van der Waals surface area contributed by atoms with E-state index in [4.69, 9.17) is 0 Å². The number of rotatable bonds is 3. The van der Waals surface area contributed by atoms with Crippen LogP contribution in [-0.4, -0.2) is 19.2 Å². The molecule has 0 aliphatic rings. The fourth-order valence-electron chi connectivity index (χ4n) is 3.50. The number of aromatic nitrogens is 7. The van der Waals surface area contributed by atoms with Crippen molar-refractivity contribution in [2.24, 2.45) is 14.1 Å². The first-order chi connectivity index (χ1) is 20.4. The van der Waals surface area contributed by atoms with Crippen LogP contribution in [0.15, 0.2) is 97.8 Å². The van der Waals surface area contributed by atoms with Crippen LogP contribution in [0.3, 0.4) is 0 Å². The van der Waals surface area contributed by atoms with Gasteiger partial charge in [-0.1, -0.05) is 40.3 Å². The molecule has 0 fully saturated rings. The summed E-state index contributed by atoms with van der Waals surface area (Å²) in [6.07, 6.45) is 6.95. The molecule has 0 atom stereocenters. The fraction of sp³-hybridized carbons (Fsp3) is 0.133. The molecule has 0 aliphatic heterocycles. The Kier molecular flexibility index (Phi) is 11.4. The van der Waals surface area contributed by atoms with Gasteiger partial charge in [-0.15, -0.1) is 0 Å². The Balaban J connectivity index is 0.000000181. The summed E-state index contributed by atoms with van der Waals surface area (Å²) in [5.74, 6) is 0. The molecule has 1 radical (unpaired) electrons. The van der Waals surface area contributed by atoms with Crippen molar-refractivity contribution in [3.8, 4) is 22.8 Å². The van der Waals surface area contributed by atoms with Crippen molar-refractivity contribution in [3.05, 3.63) is 134 Å². The molecule has 2 aromatic carbocycles. The van der Waals surface area contributed by atoms with Gasteiger partial charge in [-0.2, -0.15) is 74.9 Å². The van der Waals surface area contributed by atoms with Crippen molar-refractivity contribution >= 4 is 0 Å². The maximum atomic E-state index is 12.5. The summed E-state index contributed by atoms with van der Waals surface area (Å²) in [6, 6.07) is 19.6. The minimum Gasteiger partial charge on any atom is -0.574 e. The van der Waals surface area contributed by atoms with Gasteiger partial charge in [0.15, 0.2) is 0 Å². The maximum absolute atomic E-state index is 12.5. The summed E-state index contributed by atoms with van der Waals surface area (Å²) in [5, 5.41) is 7.58. The van der Waals surface area contributed by atoms with Crippen molar-refractivity contribution in [1.82, 2.24) is 24.3 Å². The molecule has 7 nitrogen and oxygen atoms in total. The summed E-state index contributed by atoms with van der Waals surface area (Å²) in [6.45, 7) is 0. The predicted molar refractivity (Wildman–Crippen MR) is 140 cm³/mol. The number of hydrogen-bond acceptors (Lipinski definition) is 2. The van der Waals surface area contributed by atoms with Gasteiger partial charge in [0.25, 0.3) is 0 Å². The molecular weight excluding hydrogens is 765 g/mol. The summed E-state index contributed by atoms with van der Waals surface area (Å²) < 4.78 is 80.8. The Morgan fingerprint density at radius 1 is 0.727 bits per heavy atom. The zero-order valence-corrected chi connectivity index (χ0v) is 25.4. The first-order valence-electron chi connectivity index (χ1n) is 12.4. The summed E-state index contributed by atoms with van der Waals surface area (Å²) in [5.41, 5.74) is 0.943. The summed E-state index contributed by atoms with van der Waals surface area (Å²) >= 11 is 0. The molecule has 0 saturated carbocycles. The third-order valence-corrected chi connectivity index (χ3v) is 5.55. The molecule has 44 heavy (non-hydrogen) atoms. The molecule has 0 saturated heterocycles. The van der Waals surface area contributed by atoms with Gasteiger partial charge in [0, 0.05) is 63.0 Å². The van der Waals surface area contributed by atoms with E-state index < -0.39 is 23.5 Å². The molecule has 0 N–H and O–H groups in total. The van der Waals surface area contributed by atoms with E-state index in [1.165, 1.54) is 21.3 Å². The molecule has 0 bridgehead atoms. The van der Waals surface area contributed by atoms with Crippen molar-refractivity contribution < 1.29 is 55.6 Å². The van der Waals surface area contributed by atoms with Gasteiger partial charge in [0.05, 0.1) is 14.1 Å². The minimum absolute atomic E-state index is 0. The topological polar surface area (TPSA) is 57.5 Å². The van der Waals surface area contributed by atoms with E-state index in [2.05, 4.69) is 40.0 Å². The first kappa shape index (κ1) is 33.9. The van der Waals surface area contributed by atoms with E-state index in [0.29, 0.717) is 11.4 Å². The van der Waals surface area contributed by atoms with Crippen LogP contribution >= 0.6 is 0 Å². The Morgan fingerprint density at radius 2 is 1.25 bits per heavy atom. The van der Waals surface area contributed by atoms with Gasteiger partial charge in [-0.25, -0.2) is 0 Å². The van der Waals surface area contributed by atoms with Crippen LogP contribution in [0.5, 0.6) is 0 Å². The summed E-state index contributed by atoms with van der Waals surface area (Å²) in [7, 11) is 3.48. The normalized spacial score (nSPS) is 11.0. The molecule has 0 spiro atoms.